The normalized spacial score (nSPS) is 39.1. The monoisotopic (exact) mass is 324 g/mol. The van der Waals surface area contributed by atoms with E-state index in [9.17, 15) is 19.8 Å². The summed E-state index contributed by atoms with van der Waals surface area (Å²) in [5.41, 5.74) is -1.42. The lowest BCUT2D eigenvalue weighted by Gasteiger charge is -2.62. The van der Waals surface area contributed by atoms with E-state index in [0.29, 0.717) is 25.7 Å². The van der Waals surface area contributed by atoms with Crippen molar-refractivity contribution >= 4 is 11.9 Å². The van der Waals surface area contributed by atoms with Gasteiger partial charge in [0.15, 0.2) is 0 Å². The Kier molecular flexibility index (Phi) is 3.09. The predicted octanol–water partition coefficient (Wildman–Crippen LogP) is 3.16. The van der Waals surface area contributed by atoms with Gasteiger partial charge in [0.25, 0.3) is 0 Å². The first-order valence-electron chi connectivity index (χ1n) is 8.42. The van der Waals surface area contributed by atoms with Gasteiger partial charge in [0.05, 0.1) is 10.8 Å². The predicted molar refractivity (Wildman–Crippen MR) is 87.1 cm³/mol. The highest BCUT2D eigenvalue weighted by Crippen LogP contribution is 2.69. The largest absolute Gasteiger partial charge is 0.481 e. The van der Waals surface area contributed by atoms with Crippen molar-refractivity contribution in [1.29, 1.82) is 0 Å². The molecule has 1 aromatic carbocycles. The molecule has 1 aromatic rings. The first kappa shape index (κ1) is 15.3. The van der Waals surface area contributed by atoms with E-state index in [1.54, 1.807) is 0 Å². The number of hydrogen-bond donors (Lipinski definition) is 2. The summed E-state index contributed by atoms with van der Waals surface area (Å²) in [5, 5.41) is 19.7. The zero-order chi connectivity index (χ0) is 17.0. The van der Waals surface area contributed by atoms with Crippen LogP contribution in [-0.2, 0) is 9.59 Å². The van der Waals surface area contributed by atoms with Crippen molar-refractivity contribution in [3.63, 3.8) is 0 Å². The molecule has 0 spiro atoms. The van der Waals surface area contributed by atoms with Gasteiger partial charge in [-0.15, -0.1) is 0 Å². The molecule has 4 nitrogen and oxygen atoms in total. The molecule has 5 rings (SSSR count). The molecule has 24 heavy (non-hydrogen) atoms. The van der Waals surface area contributed by atoms with Crippen LogP contribution in [0.4, 0.5) is 0 Å². The van der Waals surface area contributed by atoms with Gasteiger partial charge in [-0.1, -0.05) is 30.0 Å². The molecular formula is C20H20O4. The summed E-state index contributed by atoms with van der Waals surface area (Å²) in [6.07, 6.45) is 3.27. The van der Waals surface area contributed by atoms with Gasteiger partial charge < -0.3 is 10.2 Å². The number of rotatable bonds is 2. The van der Waals surface area contributed by atoms with E-state index in [4.69, 9.17) is 0 Å². The summed E-state index contributed by atoms with van der Waals surface area (Å²) < 4.78 is 0. The Morgan fingerprint density at radius 1 is 0.917 bits per heavy atom. The quantitative estimate of drug-likeness (QED) is 0.820. The highest BCUT2D eigenvalue weighted by atomic mass is 16.4. The van der Waals surface area contributed by atoms with Crippen molar-refractivity contribution in [3.05, 3.63) is 35.9 Å². The molecule has 124 valence electrons. The van der Waals surface area contributed by atoms with Gasteiger partial charge in [-0.05, 0) is 56.6 Å². The molecule has 4 fully saturated rings. The van der Waals surface area contributed by atoms with Crippen molar-refractivity contribution in [2.75, 3.05) is 0 Å². The van der Waals surface area contributed by atoms with Crippen LogP contribution < -0.4 is 0 Å². The van der Waals surface area contributed by atoms with E-state index in [2.05, 4.69) is 11.8 Å². The Morgan fingerprint density at radius 3 is 2.04 bits per heavy atom. The van der Waals surface area contributed by atoms with Gasteiger partial charge in [-0.25, -0.2) is 0 Å². The van der Waals surface area contributed by atoms with E-state index in [0.717, 1.165) is 12.0 Å². The van der Waals surface area contributed by atoms with Gasteiger partial charge in [-0.3, -0.25) is 9.59 Å². The van der Waals surface area contributed by atoms with Crippen molar-refractivity contribution in [2.45, 2.75) is 38.5 Å². The number of benzene rings is 1. The van der Waals surface area contributed by atoms with Crippen molar-refractivity contribution < 1.29 is 19.8 Å². The highest BCUT2D eigenvalue weighted by Gasteiger charge is 2.68. The second-order valence-electron chi connectivity index (χ2n) is 8.08. The maximum atomic E-state index is 12.0. The molecule has 4 heteroatoms. The minimum absolute atomic E-state index is 0.151. The molecule has 4 aliphatic carbocycles. The van der Waals surface area contributed by atoms with Gasteiger partial charge in [-0.2, -0.15) is 0 Å². The van der Waals surface area contributed by atoms with Crippen LogP contribution >= 0.6 is 0 Å². The Bertz CT molecular complexity index is 740. The molecule has 2 unspecified atom stereocenters. The molecule has 4 bridgehead atoms. The van der Waals surface area contributed by atoms with Crippen LogP contribution in [-0.4, -0.2) is 22.2 Å². The molecule has 0 radical (unpaired) electrons. The number of hydrogen-bond acceptors (Lipinski definition) is 2. The van der Waals surface area contributed by atoms with Crippen LogP contribution in [0.15, 0.2) is 30.3 Å². The molecule has 0 saturated heterocycles. The van der Waals surface area contributed by atoms with Gasteiger partial charge >= 0.3 is 11.9 Å². The molecular weight excluding hydrogens is 304 g/mol. The number of carboxylic acids is 2. The fraction of sp³-hybridized carbons (Fsp3) is 0.500. The fourth-order valence-corrected chi connectivity index (χ4v) is 5.78. The SMILES string of the molecule is O=C(O)C12CC3CC(C#Cc4ccccc4)(C1)CC(C(=O)O)(C3)C2. The minimum atomic E-state index is -0.914. The summed E-state index contributed by atoms with van der Waals surface area (Å²) >= 11 is 0. The minimum Gasteiger partial charge on any atom is -0.481 e. The fourth-order valence-electron chi connectivity index (χ4n) is 5.78. The number of aliphatic carboxylic acids is 2. The lowest BCUT2D eigenvalue weighted by atomic mass is 9.39. The zero-order valence-electron chi connectivity index (χ0n) is 13.4. The standard InChI is InChI=1S/C20H20O4/c21-16(22)19-9-15-8-18(11-19,7-6-14-4-2-1-3-5-14)12-20(10-15,13-19)17(23)24/h1-5,15H,8-13H2,(H,21,22)(H,23,24). The molecule has 0 amide bonds. The third kappa shape index (κ3) is 2.15. The molecule has 0 aliphatic heterocycles. The highest BCUT2D eigenvalue weighted by molar-refractivity contribution is 5.81. The maximum absolute atomic E-state index is 12.0. The Morgan fingerprint density at radius 2 is 1.50 bits per heavy atom. The van der Waals surface area contributed by atoms with E-state index in [1.807, 2.05) is 30.3 Å². The van der Waals surface area contributed by atoms with E-state index >= 15 is 0 Å². The van der Waals surface area contributed by atoms with E-state index < -0.39 is 28.2 Å². The van der Waals surface area contributed by atoms with Gasteiger partial charge in [0.1, 0.15) is 0 Å². The summed E-state index contributed by atoms with van der Waals surface area (Å²) in [6, 6.07) is 9.61. The molecule has 4 aliphatic rings. The Hall–Kier alpha value is -2.28. The first-order chi connectivity index (χ1) is 11.4. The van der Waals surface area contributed by atoms with Crippen LogP contribution in [0.3, 0.4) is 0 Å². The van der Waals surface area contributed by atoms with E-state index in [1.165, 1.54) is 0 Å². The summed E-state index contributed by atoms with van der Waals surface area (Å²) in [5.74, 6) is 4.97. The molecule has 4 saturated carbocycles. The van der Waals surface area contributed by atoms with Crippen LogP contribution in [0.1, 0.15) is 44.1 Å². The average molecular weight is 324 g/mol. The van der Waals surface area contributed by atoms with Crippen LogP contribution in [0.5, 0.6) is 0 Å². The lowest BCUT2D eigenvalue weighted by molar-refractivity contribution is -0.194. The Balaban J connectivity index is 1.78. The first-order valence-corrected chi connectivity index (χ1v) is 8.42. The molecule has 0 aromatic heterocycles. The third-order valence-electron chi connectivity index (χ3n) is 6.22. The zero-order valence-corrected chi connectivity index (χ0v) is 13.4. The number of carboxylic acid groups (broad SMARTS) is 2. The topological polar surface area (TPSA) is 74.6 Å². The molecule has 2 N–H and O–H groups in total. The van der Waals surface area contributed by atoms with Crippen molar-refractivity contribution in [2.24, 2.45) is 22.2 Å². The second-order valence-corrected chi connectivity index (χ2v) is 8.08. The molecule has 0 heterocycles. The van der Waals surface area contributed by atoms with Crippen LogP contribution in [0.2, 0.25) is 0 Å². The van der Waals surface area contributed by atoms with Gasteiger partial charge in [0.2, 0.25) is 0 Å². The van der Waals surface area contributed by atoms with Crippen molar-refractivity contribution in [1.82, 2.24) is 0 Å². The van der Waals surface area contributed by atoms with Gasteiger partial charge in [0, 0.05) is 11.0 Å². The third-order valence-corrected chi connectivity index (χ3v) is 6.22. The van der Waals surface area contributed by atoms with Crippen molar-refractivity contribution in [3.8, 4) is 11.8 Å². The Labute approximate surface area is 140 Å². The average Bonchev–Trinajstić information content (AvgIpc) is 2.53. The lowest BCUT2D eigenvalue weighted by Crippen LogP contribution is -2.61. The number of carbonyl (C=O) groups is 2. The van der Waals surface area contributed by atoms with Crippen LogP contribution in [0, 0.1) is 34.0 Å². The maximum Gasteiger partial charge on any atom is 0.309 e. The van der Waals surface area contributed by atoms with Crippen LogP contribution in [0.25, 0.3) is 0 Å². The smallest absolute Gasteiger partial charge is 0.309 e. The summed E-state index contributed by atoms with van der Waals surface area (Å²) in [6.45, 7) is 0. The summed E-state index contributed by atoms with van der Waals surface area (Å²) in [4.78, 5) is 24.0. The molecule has 2 atom stereocenters. The second kappa shape index (κ2) is 4.86. The summed E-state index contributed by atoms with van der Waals surface area (Å²) in [7, 11) is 0. The van der Waals surface area contributed by atoms with E-state index in [-0.39, 0.29) is 12.3 Å².